The monoisotopic (exact) mass is 426 g/mol. The summed E-state index contributed by atoms with van der Waals surface area (Å²) in [4.78, 5) is 0. The second-order valence-corrected chi connectivity index (χ2v) is 7.81. The molecule has 6 atom stereocenters. The fraction of sp³-hybridized carbons (Fsp3) is 0.619. The van der Waals surface area contributed by atoms with Crippen molar-refractivity contribution >= 4 is 11.6 Å². The highest BCUT2D eigenvalue weighted by molar-refractivity contribution is 6.32. The number of hydrogen-bond acceptors (Lipinski definition) is 7. The van der Waals surface area contributed by atoms with Gasteiger partial charge in [-0.3, -0.25) is 0 Å². The molecule has 3 aliphatic heterocycles. The average Bonchev–Trinajstić information content (AvgIpc) is 3.31. The van der Waals surface area contributed by atoms with Gasteiger partial charge in [0.25, 0.3) is 0 Å². The third-order valence-electron chi connectivity index (χ3n) is 6.08. The Bertz CT molecular complexity index is 798. The molecule has 0 amide bonds. The van der Waals surface area contributed by atoms with Crippen LogP contribution < -0.4 is 9.47 Å². The summed E-state index contributed by atoms with van der Waals surface area (Å²) in [6.45, 7) is 0.381. The van der Waals surface area contributed by atoms with E-state index >= 15 is 0 Å². The third-order valence-corrected chi connectivity index (χ3v) is 6.36. The van der Waals surface area contributed by atoms with Crippen LogP contribution in [0.2, 0.25) is 5.02 Å². The summed E-state index contributed by atoms with van der Waals surface area (Å²) in [5.41, 5.74) is 0.944. The molecule has 8 heteroatoms. The molecule has 1 aromatic carbocycles. The maximum absolute atomic E-state index is 6.51. The van der Waals surface area contributed by atoms with E-state index in [1.807, 2.05) is 12.2 Å². The van der Waals surface area contributed by atoms with E-state index < -0.39 is 5.60 Å². The Morgan fingerprint density at radius 2 is 1.93 bits per heavy atom. The molecule has 1 saturated heterocycles. The molecule has 1 fully saturated rings. The van der Waals surface area contributed by atoms with E-state index in [1.165, 1.54) is 0 Å². The van der Waals surface area contributed by atoms with Crippen LogP contribution >= 0.6 is 11.6 Å². The van der Waals surface area contributed by atoms with Crippen LogP contribution in [0, 0.1) is 0 Å². The molecule has 0 spiro atoms. The molecule has 2 unspecified atom stereocenters. The average molecular weight is 427 g/mol. The van der Waals surface area contributed by atoms with E-state index in [9.17, 15) is 0 Å². The SMILES string of the molecule is COC[C@H]1O[C@@H](C23C=CC(O2)c2c(OC)c(Cl)cc(OC)c23)C[C@@H](OC)[C@@H]1OC. The molecule has 7 nitrogen and oxygen atoms in total. The Balaban J connectivity index is 1.80. The van der Waals surface area contributed by atoms with Crippen molar-refractivity contribution in [1.82, 2.24) is 0 Å². The number of methoxy groups -OCH3 is 5. The number of benzene rings is 1. The number of halogens is 1. The van der Waals surface area contributed by atoms with Gasteiger partial charge in [0.05, 0.1) is 38.1 Å². The molecule has 1 aromatic rings. The van der Waals surface area contributed by atoms with Gasteiger partial charge < -0.3 is 33.2 Å². The molecule has 4 rings (SSSR count). The lowest BCUT2D eigenvalue weighted by molar-refractivity contribution is -0.237. The Kier molecular flexibility index (Phi) is 5.81. The standard InChI is InChI=1S/C21H27ClO7/c1-23-10-15-20(27-5)14(25-3)9-16(28-15)21-7-6-12(29-21)17-18(21)13(24-2)8-11(22)19(17)26-4/h6-8,12,14-16,20H,9-10H2,1-5H3/t12?,14-,15-,16-,20+,21?/m1/s1. The summed E-state index contributed by atoms with van der Waals surface area (Å²) >= 11 is 6.44. The fourth-order valence-electron chi connectivity index (χ4n) is 4.87. The Labute approximate surface area is 175 Å². The van der Waals surface area contributed by atoms with Crippen LogP contribution in [0.3, 0.4) is 0 Å². The highest BCUT2D eigenvalue weighted by atomic mass is 35.5. The lowest BCUT2D eigenvalue weighted by Crippen LogP contribution is -2.56. The minimum Gasteiger partial charge on any atom is -0.496 e. The lowest BCUT2D eigenvalue weighted by Gasteiger charge is -2.45. The van der Waals surface area contributed by atoms with Gasteiger partial charge in [0.2, 0.25) is 0 Å². The predicted molar refractivity (Wildman–Crippen MR) is 106 cm³/mol. The van der Waals surface area contributed by atoms with Crippen LogP contribution in [0.5, 0.6) is 11.5 Å². The normalized spacial score (nSPS) is 35.0. The molecular formula is C21H27ClO7. The smallest absolute Gasteiger partial charge is 0.144 e. The Morgan fingerprint density at radius 1 is 1.14 bits per heavy atom. The minimum atomic E-state index is -0.829. The van der Waals surface area contributed by atoms with Crippen molar-refractivity contribution in [2.24, 2.45) is 0 Å². The molecule has 3 heterocycles. The second kappa shape index (κ2) is 8.06. The van der Waals surface area contributed by atoms with Crippen LogP contribution in [0.25, 0.3) is 0 Å². The van der Waals surface area contributed by atoms with Crippen LogP contribution in [-0.2, 0) is 29.3 Å². The van der Waals surface area contributed by atoms with Crippen molar-refractivity contribution in [2.45, 2.75) is 42.5 Å². The summed E-state index contributed by atoms with van der Waals surface area (Å²) in [7, 11) is 8.20. The quantitative estimate of drug-likeness (QED) is 0.621. The molecule has 2 bridgehead atoms. The second-order valence-electron chi connectivity index (χ2n) is 7.40. The molecule has 29 heavy (non-hydrogen) atoms. The van der Waals surface area contributed by atoms with Gasteiger partial charge in [-0.25, -0.2) is 0 Å². The zero-order chi connectivity index (χ0) is 20.8. The van der Waals surface area contributed by atoms with Crippen LogP contribution in [0.1, 0.15) is 23.7 Å². The Morgan fingerprint density at radius 3 is 2.55 bits per heavy atom. The zero-order valence-electron chi connectivity index (χ0n) is 17.3. The minimum absolute atomic E-state index is 0.173. The first kappa shape index (κ1) is 20.9. The first-order valence-electron chi connectivity index (χ1n) is 9.56. The predicted octanol–water partition coefficient (Wildman–Crippen LogP) is 3.03. The van der Waals surface area contributed by atoms with Crippen molar-refractivity contribution < 1.29 is 33.2 Å². The van der Waals surface area contributed by atoms with Gasteiger partial charge in [0, 0.05) is 44.9 Å². The van der Waals surface area contributed by atoms with Crippen molar-refractivity contribution in [3.05, 3.63) is 34.4 Å². The highest BCUT2D eigenvalue weighted by Crippen LogP contribution is 2.61. The number of hydrogen-bond donors (Lipinski definition) is 0. The molecule has 0 N–H and O–H groups in total. The van der Waals surface area contributed by atoms with E-state index in [1.54, 1.807) is 41.6 Å². The number of fused-ring (bicyclic) bond motifs is 5. The van der Waals surface area contributed by atoms with Crippen LogP contribution in [-0.4, -0.2) is 66.6 Å². The van der Waals surface area contributed by atoms with Gasteiger partial charge in [0.1, 0.15) is 35.4 Å². The van der Waals surface area contributed by atoms with E-state index in [-0.39, 0.29) is 30.5 Å². The van der Waals surface area contributed by atoms with E-state index in [2.05, 4.69) is 0 Å². The van der Waals surface area contributed by atoms with Crippen molar-refractivity contribution in [3.8, 4) is 11.5 Å². The molecule has 160 valence electrons. The number of rotatable bonds is 7. The van der Waals surface area contributed by atoms with E-state index in [4.69, 9.17) is 44.8 Å². The largest absolute Gasteiger partial charge is 0.496 e. The van der Waals surface area contributed by atoms with E-state index in [0.29, 0.717) is 29.5 Å². The first-order chi connectivity index (χ1) is 14.0. The molecule has 3 aliphatic rings. The third kappa shape index (κ3) is 3.07. The molecule has 0 aromatic heterocycles. The zero-order valence-corrected chi connectivity index (χ0v) is 18.0. The Hall–Kier alpha value is -1.35. The molecule has 0 aliphatic carbocycles. The van der Waals surface area contributed by atoms with Gasteiger partial charge in [-0.05, 0) is 6.08 Å². The van der Waals surface area contributed by atoms with E-state index in [0.717, 1.165) is 11.1 Å². The van der Waals surface area contributed by atoms with Crippen molar-refractivity contribution in [1.29, 1.82) is 0 Å². The summed E-state index contributed by atoms with van der Waals surface area (Å²) in [5.74, 6) is 1.24. The summed E-state index contributed by atoms with van der Waals surface area (Å²) in [6, 6.07) is 1.76. The van der Waals surface area contributed by atoms with Gasteiger partial charge in [-0.15, -0.1) is 0 Å². The number of ether oxygens (including phenoxy) is 7. The summed E-state index contributed by atoms with van der Waals surface area (Å²) in [6.07, 6.45) is 3.32. The molecule has 0 saturated carbocycles. The topological polar surface area (TPSA) is 64.6 Å². The maximum Gasteiger partial charge on any atom is 0.144 e. The van der Waals surface area contributed by atoms with Crippen molar-refractivity contribution in [3.63, 3.8) is 0 Å². The maximum atomic E-state index is 6.51. The van der Waals surface area contributed by atoms with Crippen LogP contribution in [0.15, 0.2) is 18.2 Å². The van der Waals surface area contributed by atoms with Gasteiger partial charge in [-0.1, -0.05) is 17.7 Å². The highest BCUT2D eigenvalue weighted by Gasteiger charge is 2.58. The van der Waals surface area contributed by atoms with Gasteiger partial charge in [-0.2, -0.15) is 0 Å². The summed E-state index contributed by atoms with van der Waals surface area (Å²) in [5, 5.41) is 0.485. The van der Waals surface area contributed by atoms with Crippen molar-refractivity contribution in [2.75, 3.05) is 42.2 Å². The first-order valence-corrected chi connectivity index (χ1v) is 9.94. The molecule has 0 radical (unpaired) electrons. The van der Waals surface area contributed by atoms with Gasteiger partial charge in [0.15, 0.2) is 0 Å². The van der Waals surface area contributed by atoms with Crippen LogP contribution in [0.4, 0.5) is 0 Å². The molecular weight excluding hydrogens is 400 g/mol. The summed E-state index contributed by atoms with van der Waals surface area (Å²) < 4.78 is 41.1. The fourth-order valence-corrected chi connectivity index (χ4v) is 5.15. The lowest BCUT2D eigenvalue weighted by atomic mass is 9.78. The van der Waals surface area contributed by atoms with Gasteiger partial charge >= 0.3 is 0 Å².